The Hall–Kier alpha value is -1.45. The summed E-state index contributed by atoms with van der Waals surface area (Å²) in [5, 5.41) is 9.01. The molecular weight excluding hydrogens is 260 g/mol. The number of nitrogens with zero attached hydrogens (tertiary/aromatic N) is 2. The number of carboxylic acid groups (broad SMARTS) is 1. The minimum atomic E-state index is -3.68. The van der Waals surface area contributed by atoms with E-state index in [-0.39, 0.29) is 18.7 Å². The molecule has 0 fully saturated rings. The Bertz CT molecular complexity index is 510. The van der Waals surface area contributed by atoms with E-state index in [1.54, 1.807) is 11.6 Å². The van der Waals surface area contributed by atoms with Gasteiger partial charge in [0.2, 0.25) is 10.0 Å². The van der Waals surface area contributed by atoms with E-state index >= 15 is 0 Å². The maximum Gasteiger partial charge on any atom is 0.322 e. The standard InChI is InChI=1S/C9H16N4O4S/c1-13-6-11-5-7(13)4-8(9(14)15)12-18(16,17)3-2-10/h5-6,8,12H,2-4,10H2,1H3,(H,14,15). The van der Waals surface area contributed by atoms with E-state index in [0.717, 1.165) is 0 Å². The predicted octanol–water partition coefficient (Wildman–Crippen LogP) is -1.71. The number of sulfonamides is 1. The molecule has 18 heavy (non-hydrogen) atoms. The van der Waals surface area contributed by atoms with Gasteiger partial charge in [-0.1, -0.05) is 0 Å². The van der Waals surface area contributed by atoms with Crippen LogP contribution < -0.4 is 10.5 Å². The normalized spacial score (nSPS) is 13.4. The van der Waals surface area contributed by atoms with Crippen LogP contribution in [0.3, 0.4) is 0 Å². The predicted molar refractivity (Wildman–Crippen MR) is 64.3 cm³/mol. The first-order valence-corrected chi connectivity index (χ1v) is 6.89. The highest BCUT2D eigenvalue weighted by Crippen LogP contribution is 2.03. The summed E-state index contributed by atoms with van der Waals surface area (Å²) in [5.74, 6) is -1.54. The molecule has 8 nitrogen and oxygen atoms in total. The third-order valence-corrected chi connectivity index (χ3v) is 3.75. The smallest absolute Gasteiger partial charge is 0.322 e. The van der Waals surface area contributed by atoms with E-state index in [2.05, 4.69) is 9.71 Å². The number of nitrogens with one attached hydrogen (secondary N) is 1. The second-order valence-electron chi connectivity index (χ2n) is 3.82. The molecule has 102 valence electrons. The molecule has 0 aromatic carbocycles. The van der Waals surface area contributed by atoms with Crippen molar-refractivity contribution in [3.05, 3.63) is 18.2 Å². The van der Waals surface area contributed by atoms with Gasteiger partial charge in [-0.05, 0) is 0 Å². The van der Waals surface area contributed by atoms with Crippen LogP contribution in [0.2, 0.25) is 0 Å². The zero-order valence-electron chi connectivity index (χ0n) is 9.91. The zero-order chi connectivity index (χ0) is 13.8. The SMILES string of the molecule is Cn1cncc1CC(NS(=O)(=O)CCN)C(=O)O. The average Bonchev–Trinajstić information content (AvgIpc) is 2.63. The van der Waals surface area contributed by atoms with Crippen LogP contribution in [0, 0.1) is 0 Å². The number of rotatable bonds is 7. The van der Waals surface area contributed by atoms with Crippen LogP contribution in [0.4, 0.5) is 0 Å². The number of hydrogen-bond acceptors (Lipinski definition) is 5. The second kappa shape index (κ2) is 5.94. The van der Waals surface area contributed by atoms with Crippen molar-refractivity contribution >= 4 is 16.0 Å². The lowest BCUT2D eigenvalue weighted by Crippen LogP contribution is -2.44. The molecule has 1 aromatic rings. The molecule has 0 saturated heterocycles. The average molecular weight is 276 g/mol. The van der Waals surface area contributed by atoms with E-state index < -0.39 is 22.0 Å². The number of hydrogen-bond donors (Lipinski definition) is 3. The summed E-state index contributed by atoms with van der Waals surface area (Å²) in [4.78, 5) is 14.9. The van der Waals surface area contributed by atoms with E-state index in [1.807, 2.05) is 0 Å². The monoisotopic (exact) mass is 276 g/mol. The van der Waals surface area contributed by atoms with Crippen LogP contribution in [0.15, 0.2) is 12.5 Å². The van der Waals surface area contributed by atoms with Crippen molar-refractivity contribution in [1.29, 1.82) is 0 Å². The fraction of sp³-hybridized carbons (Fsp3) is 0.556. The molecule has 9 heteroatoms. The molecule has 1 aromatic heterocycles. The molecule has 0 aliphatic carbocycles. The summed E-state index contributed by atoms with van der Waals surface area (Å²) in [6.07, 6.45) is 3.03. The molecule has 1 unspecified atom stereocenters. The summed E-state index contributed by atoms with van der Waals surface area (Å²) < 4.78 is 26.7. The first-order valence-electron chi connectivity index (χ1n) is 5.24. The van der Waals surface area contributed by atoms with Gasteiger partial charge in [0.1, 0.15) is 6.04 Å². The Morgan fingerprint density at radius 2 is 2.33 bits per heavy atom. The number of carbonyl (C=O) groups is 1. The van der Waals surface area contributed by atoms with Crippen molar-refractivity contribution in [3.8, 4) is 0 Å². The zero-order valence-corrected chi connectivity index (χ0v) is 10.7. The maximum absolute atomic E-state index is 11.5. The third kappa shape index (κ3) is 4.09. The van der Waals surface area contributed by atoms with Crippen molar-refractivity contribution in [2.24, 2.45) is 12.8 Å². The first-order chi connectivity index (χ1) is 8.35. The Morgan fingerprint density at radius 3 is 2.78 bits per heavy atom. The highest BCUT2D eigenvalue weighted by atomic mass is 32.2. The largest absolute Gasteiger partial charge is 0.480 e. The topological polar surface area (TPSA) is 127 Å². The van der Waals surface area contributed by atoms with Crippen LogP contribution in [0.5, 0.6) is 0 Å². The van der Waals surface area contributed by atoms with Crippen molar-refractivity contribution in [1.82, 2.24) is 14.3 Å². The molecule has 4 N–H and O–H groups in total. The lowest BCUT2D eigenvalue weighted by Gasteiger charge is -2.14. The van der Waals surface area contributed by atoms with Gasteiger partial charge in [-0.15, -0.1) is 0 Å². The Morgan fingerprint density at radius 1 is 1.67 bits per heavy atom. The highest BCUT2D eigenvalue weighted by molar-refractivity contribution is 7.89. The second-order valence-corrected chi connectivity index (χ2v) is 5.69. The quantitative estimate of drug-likeness (QED) is 0.544. The molecule has 0 spiro atoms. The van der Waals surface area contributed by atoms with Gasteiger partial charge in [-0.3, -0.25) is 4.79 Å². The summed E-state index contributed by atoms with van der Waals surface area (Å²) in [6.45, 7) is -0.0621. The third-order valence-electron chi connectivity index (χ3n) is 2.34. The van der Waals surface area contributed by atoms with Crippen LogP contribution >= 0.6 is 0 Å². The molecule has 0 saturated carbocycles. The number of aliphatic carboxylic acids is 1. The fourth-order valence-electron chi connectivity index (χ4n) is 1.40. The molecule has 1 atom stereocenters. The van der Waals surface area contributed by atoms with Gasteiger partial charge in [-0.2, -0.15) is 0 Å². The van der Waals surface area contributed by atoms with Crippen LogP contribution in [-0.2, 0) is 28.3 Å². The van der Waals surface area contributed by atoms with Crippen LogP contribution in [0.1, 0.15) is 5.69 Å². The lowest BCUT2D eigenvalue weighted by molar-refractivity contribution is -0.138. The Kier molecular flexibility index (Phi) is 4.82. The van der Waals surface area contributed by atoms with Gasteiger partial charge in [-0.25, -0.2) is 18.1 Å². The van der Waals surface area contributed by atoms with Crippen LogP contribution in [0.25, 0.3) is 0 Å². The van der Waals surface area contributed by atoms with Gasteiger partial charge >= 0.3 is 5.97 Å². The van der Waals surface area contributed by atoms with Gasteiger partial charge in [0, 0.05) is 31.9 Å². The van der Waals surface area contributed by atoms with Crippen molar-refractivity contribution in [2.45, 2.75) is 12.5 Å². The van der Waals surface area contributed by atoms with Crippen LogP contribution in [-0.4, -0.2) is 47.4 Å². The summed E-state index contributed by atoms with van der Waals surface area (Å²) in [6, 6.07) is -1.23. The fourth-order valence-corrected chi connectivity index (χ4v) is 2.45. The molecule has 0 radical (unpaired) electrons. The minimum Gasteiger partial charge on any atom is -0.480 e. The molecule has 1 heterocycles. The van der Waals surface area contributed by atoms with E-state index in [9.17, 15) is 13.2 Å². The van der Waals surface area contributed by atoms with Crippen molar-refractivity contribution < 1.29 is 18.3 Å². The van der Waals surface area contributed by atoms with Crippen molar-refractivity contribution in [2.75, 3.05) is 12.3 Å². The summed E-state index contributed by atoms with van der Waals surface area (Å²) >= 11 is 0. The van der Waals surface area contributed by atoms with Gasteiger partial charge < -0.3 is 15.4 Å². The molecular formula is C9H16N4O4S. The molecule has 1 rings (SSSR count). The molecule has 0 bridgehead atoms. The van der Waals surface area contributed by atoms with E-state index in [0.29, 0.717) is 5.69 Å². The lowest BCUT2D eigenvalue weighted by atomic mass is 10.2. The highest BCUT2D eigenvalue weighted by Gasteiger charge is 2.24. The molecule has 0 amide bonds. The van der Waals surface area contributed by atoms with Crippen molar-refractivity contribution in [3.63, 3.8) is 0 Å². The number of imidazole rings is 1. The van der Waals surface area contributed by atoms with Gasteiger partial charge in [0.25, 0.3) is 0 Å². The van der Waals surface area contributed by atoms with Gasteiger partial charge in [0.05, 0.1) is 12.1 Å². The summed E-state index contributed by atoms with van der Waals surface area (Å²) in [7, 11) is -1.97. The maximum atomic E-state index is 11.5. The number of aryl methyl sites for hydroxylation is 1. The number of nitrogens with two attached hydrogens (primary N) is 1. The molecule has 0 aliphatic heterocycles. The molecule has 0 aliphatic rings. The Labute approximate surface area is 105 Å². The number of aromatic nitrogens is 2. The first kappa shape index (κ1) is 14.6. The minimum absolute atomic E-state index is 0.0234. The Balaban J connectivity index is 2.79. The van der Waals surface area contributed by atoms with E-state index in [1.165, 1.54) is 12.5 Å². The summed E-state index contributed by atoms with van der Waals surface area (Å²) in [5.41, 5.74) is 5.77. The number of carboxylic acids is 1. The van der Waals surface area contributed by atoms with E-state index in [4.69, 9.17) is 10.8 Å². The van der Waals surface area contributed by atoms with Gasteiger partial charge in [0.15, 0.2) is 0 Å².